The van der Waals surface area contributed by atoms with Crippen LogP contribution >= 0.6 is 24.5 Å². The summed E-state index contributed by atoms with van der Waals surface area (Å²) in [5.41, 5.74) is 9.49. The van der Waals surface area contributed by atoms with Crippen molar-refractivity contribution in [3.63, 3.8) is 0 Å². The van der Waals surface area contributed by atoms with Crippen LogP contribution in [-0.2, 0) is 0 Å². The molecule has 7 N–H and O–H groups in total. The molecule has 0 aromatic rings. The van der Waals surface area contributed by atoms with Gasteiger partial charge in [-0.3, -0.25) is 14.9 Å². The molecular formula is C2H8ClN5OS. The lowest BCUT2D eigenvalue weighted by Gasteiger charge is -1.99. The zero-order valence-electron chi connectivity index (χ0n) is 4.88. The first kappa shape index (κ1) is 11.9. The van der Waals surface area contributed by atoms with E-state index >= 15 is 0 Å². The van der Waals surface area contributed by atoms with Crippen LogP contribution in [0.4, 0.5) is 4.79 Å². The molecule has 0 heterocycles. The maximum Gasteiger partial charge on any atom is 0.323 e. The van der Waals surface area contributed by atoms with E-state index in [1.165, 1.54) is 0 Å². The molecule has 0 aliphatic carbocycles. The Labute approximate surface area is 68.3 Å². The maximum atomic E-state index is 9.92. The Kier molecular flexibility index (Phi) is 7.51. The molecule has 0 fully saturated rings. The second-order valence-electron chi connectivity index (χ2n) is 1.08. The quantitative estimate of drug-likeness (QED) is 0.218. The third-order valence-electron chi connectivity index (χ3n) is 0.313. The highest BCUT2D eigenvalue weighted by Gasteiger charge is 1.89. The number of amides is 2. The Bertz CT molecular complexity index is 115. The van der Waals surface area contributed by atoms with Crippen molar-refractivity contribution in [2.75, 3.05) is 0 Å². The average molecular weight is 186 g/mol. The largest absolute Gasteiger partial charge is 0.369 e. The molecule has 0 aromatic heterocycles. The number of nitrogens with two attached hydrogens (primary N) is 2. The predicted molar refractivity (Wildman–Crippen MR) is 42.6 cm³/mol. The summed E-state index contributed by atoms with van der Waals surface area (Å²) >= 11 is 0.745. The van der Waals surface area contributed by atoms with Gasteiger partial charge in [0, 0.05) is 0 Å². The maximum absolute atomic E-state index is 9.92. The minimum absolute atomic E-state index is 0. The second kappa shape index (κ2) is 6.30. The van der Waals surface area contributed by atoms with Gasteiger partial charge >= 0.3 is 6.03 Å². The Balaban J connectivity index is 0. The minimum atomic E-state index is -0.686. The van der Waals surface area contributed by atoms with E-state index in [1.807, 2.05) is 0 Å². The van der Waals surface area contributed by atoms with Crippen molar-refractivity contribution in [2.24, 2.45) is 11.5 Å². The van der Waals surface area contributed by atoms with Crippen LogP contribution in [0.15, 0.2) is 0 Å². The van der Waals surface area contributed by atoms with Crippen LogP contribution in [-0.4, -0.2) is 12.0 Å². The lowest BCUT2D eigenvalue weighted by atomic mass is 11.1. The van der Waals surface area contributed by atoms with Gasteiger partial charge in [-0.1, -0.05) is 0 Å². The molecule has 0 aliphatic heterocycles. The highest BCUT2D eigenvalue weighted by Crippen LogP contribution is 1.79. The second-order valence-corrected chi connectivity index (χ2v) is 1.70. The van der Waals surface area contributed by atoms with Crippen molar-refractivity contribution in [3.8, 4) is 0 Å². The van der Waals surface area contributed by atoms with Crippen LogP contribution in [0.25, 0.3) is 0 Å². The van der Waals surface area contributed by atoms with Crippen molar-refractivity contribution in [1.82, 2.24) is 9.44 Å². The molecular weight excluding hydrogens is 178 g/mol. The summed E-state index contributed by atoms with van der Waals surface area (Å²) in [6, 6.07) is -0.686. The fourth-order valence-corrected chi connectivity index (χ4v) is 0.392. The smallest absolute Gasteiger partial charge is 0.323 e. The van der Waals surface area contributed by atoms with E-state index < -0.39 is 6.03 Å². The Morgan fingerprint density at radius 2 is 1.90 bits per heavy atom. The molecule has 0 radical (unpaired) electrons. The number of urea groups is 1. The Morgan fingerprint density at radius 1 is 1.40 bits per heavy atom. The SMILES string of the molecule is Cl.N=C(N)NSNC(N)=O. The van der Waals surface area contributed by atoms with Crippen LogP contribution in [0.5, 0.6) is 0 Å². The average Bonchev–Trinajstić information content (AvgIpc) is 1.63. The first-order valence-electron chi connectivity index (χ1n) is 1.94. The van der Waals surface area contributed by atoms with E-state index in [0.717, 1.165) is 12.1 Å². The predicted octanol–water partition coefficient (Wildman–Crippen LogP) is -0.877. The molecule has 6 nitrogen and oxygen atoms in total. The zero-order valence-corrected chi connectivity index (χ0v) is 6.51. The number of rotatable bonds is 2. The molecule has 0 saturated carbocycles. The number of carbonyl (C=O) groups is 1. The van der Waals surface area contributed by atoms with E-state index in [9.17, 15) is 4.79 Å². The van der Waals surface area contributed by atoms with Crippen molar-refractivity contribution in [1.29, 1.82) is 5.41 Å². The van der Waals surface area contributed by atoms with Crippen molar-refractivity contribution < 1.29 is 4.79 Å². The van der Waals surface area contributed by atoms with Gasteiger partial charge in [-0.15, -0.1) is 12.4 Å². The molecule has 0 aromatic carbocycles. The molecule has 0 aliphatic rings. The lowest BCUT2D eigenvalue weighted by molar-refractivity contribution is 0.254. The van der Waals surface area contributed by atoms with Gasteiger partial charge in [0.2, 0.25) is 0 Å². The number of hydrogen-bond donors (Lipinski definition) is 5. The van der Waals surface area contributed by atoms with E-state index in [-0.39, 0.29) is 18.4 Å². The zero-order chi connectivity index (χ0) is 7.28. The standard InChI is InChI=1S/C2H7N5OS.ClH/c3-1(4)6-9-7-2(5)8;/h(H4,3,4,6)(H3,5,7,8);1H. The molecule has 8 heteroatoms. The minimum Gasteiger partial charge on any atom is -0.369 e. The van der Waals surface area contributed by atoms with Crippen molar-refractivity contribution >= 4 is 36.5 Å². The van der Waals surface area contributed by atoms with Gasteiger partial charge in [0.15, 0.2) is 5.96 Å². The van der Waals surface area contributed by atoms with E-state index in [2.05, 4.69) is 15.2 Å². The Hall–Kier alpha value is -0.820. The summed E-state index contributed by atoms with van der Waals surface area (Å²) in [4.78, 5) is 9.92. The number of hydrogen-bond acceptors (Lipinski definition) is 3. The molecule has 0 atom stereocenters. The Morgan fingerprint density at radius 3 is 2.20 bits per heavy atom. The lowest BCUT2D eigenvalue weighted by Crippen LogP contribution is -2.31. The van der Waals surface area contributed by atoms with E-state index in [1.54, 1.807) is 0 Å². The van der Waals surface area contributed by atoms with Gasteiger partial charge in [-0.2, -0.15) is 0 Å². The van der Waals surface area contributed by atoms with Crippen LogP contribution in [0.3, 0.4) is 0 Å². The van der Waals surface area contributed by atoms with Crippen LogP contribution < -0.4 is 20.9 Å². The van der Waals surface area contributed by atoms with Gasteiger partial charge in [0.25, 0.3) is 0 Å². The summed E-state index contributed by atoms with van der Waals surface area (Å²) in [5, 5.41) is 6.59. The summed E-state index contributed by atoms with van der Waals surface area (Å²) in [6.45, 7) is 0. The number of carbonyl (C=O) groups excluding carboxylic acids is 1. The first-order valence-corrected chi connectivity index (χ1v) is 2.76. The van der Waals surface area contributed by atoms with E-state index in [4.69, 9.17) is 11.1 Å². The molecule has 10 heavy (non-hydrogen) atoms. The third-order valence-corrected chi connectivity index (χ3v) is 0.938. The fraction of sp³-hybridized carbons (Fsp3) is 0. The molecule has 2 amide bonds. The molecule has 0 rings (SSSR count). The number of nitrogens with one attached hydrogen (secondary N) is 3. The molecule has 0 unspecified atom stereocenters. The number of guanidine groups is 1. The van der Waals surface area contributed by atoms with Gasteiger partial charge in [-0.05, 0) is 0 Å². The third kappa shape index (κ3) is 10.2. The highest BCUT2D eigenvalue weighted by atomic mass is 35.5. The van der Waals surface area contributed by atoms with Crippen LogP contribution in [0, 0.1) is 5.41 Å². The summed E-state index contributed by atoms with van der Waals surface area (Å²) in [5.74, 6) is -0.242. The normalized spacial score (nSPS) is 7.20. The molecule has 0 spiro atoms. The summed E-state index contributed by atoms with van der Waals surface area (Å²) < 4.78 is 4.34. The molecule has 60 valence electrons. The monoisotopic (exact) mass is 185 g/mol. The van der Waals surface area contributed by atoms with Crippen LogP contribution in [0.2, 0.25) is 0 Å². The highest BCUT2D eigenvalue weighted by molar-refractivity contribution is 7.96. The van der Waals surface area contributed by atoms with Gasteiger partial charge < -0.3 is 11.5 Å². The molecule has 0 saturated heterocycles. The first-order chi connectivity index (χ1) is 4.13. The van der Waals surface area contributed by atoms with Gasteiger partial charge in [0.05, 0.1) is 12.1 Å². The number of primary amides is 1. The van der Waals surface area contributed by atoms with Crippen molar-refractivity contribution in [3.05, 3.63) is 0 Å². The van der Waals surface area contributed by atoms with Gasteiger partial charge in [0.1, 0.15) is 0 Å². The van der Waals surface area contributed by atoms with Gasteiger partial charge in [-0.25, -0.2) is 4.79 Å². The van der Waals surface area contributed by atoms with Crippen molar-refractivity contribution in [2.45, 2.75) is 0 Å². The topological polar surface area (TPSA) is 117 Å². The molecule has 0 bridgehead atoms. The van der Waals surface area contributed by atoms with E-state index in [0.29, 0.717) is 0 Å². The number of halogens is 1. The summed E-state index contributed by atoms with van der Waals surface area (Å²) in [7, 11) is 0. The van der Waals surface area contributed by atoms with Crippen LogP contribution in [0.1, 0.15) is 0 Å². The fourth-order valence-electron chi connectivity index (χ4n) is 0.131. The summed E-state index contributed by atoms with van der Waals surface area (Å²) in [6.07, 6.45) is 0.